The van der Waals surface area contributed by atoms with Gasteiger partial charge in [-0.05, 0) is 60.8 Å². The molecule has 0 aliphatic heterocycles. The average molecular weight is 446 g/mol. The van der Waals surface area contributed by atoms with Gasteiger partial charge in [0.1, 0.15) is 11.2 Å². The van der Waals surface area contributed by atoms with Crippen molar-refractivity contribution in [2.45, 2.75) is 97.0 Å². The highest BCUT2D eigenvalue weighted by atomic mass is 32.2. The number of amides is 2. The molecule has 0 aromatic rings. The number of ether oxygens (including phenoxy) is 2. The summed E-state index contributed by atoms with van der Waals surface area (Å²) in [5.41, 5.74) is -2.64. The molecular weight excluding hydrogens is 410 g/mol. The third-order valence-corrected chi connectivity index (χ3v) is 5.56. The molecule has 0 radical (unpaired) electrons. The van der Waals surface area contributed by atoms with E-state index in [9.17, 15) is 24.3 Å². The fourth-order valence-electron chi connectivity index (χ4n) is 3.43. The Kier molecular flexibility index (Phi) is 8.78. The second kappa shape index (κ2) is 10.0. The summed E-state index contributed by atoms with van der Waals surface area (Å²) in [5.74, 6) is -0.907. The van der Waals surface area contributed by atoms with Crippen LogP contribution in [-0.4, -0.2) is 56.3 Å². The Hall–Kier alpha value is -1.77. The molecule has 9 heteroatoms. The number of imide groups is 1. The van der Waals surface area contributed by atoms with E-state index in [1.165, 1.54) is 6.92 Å². The summed E-state index contributed by atoms with van der Waals surface area (Å²) in [7, 11) is 0. The van der Waals surface area contributed by atoms with Gasteiger partial charge >= 0.3 is 18.2 Å². The molecule has 0 bridgehead atoms. The van der Waals surface area contributed by atoms with Crippen molar-refractivity contribution in [3.05, 3.63) is 0 Å². The smallest absolute Gasteiger partial charge is 0.419 e. The molecule has 1 fully saturated rings. The van der Waals surface area contributed by atoms with Crippen LogP contribution < -0.4 is 0 Å². The molecule has 0 aromatic carbocycles. The Bertz CT molecular complexity index is 629. The highest BCUT2D eigenvalue weighted by Crippen LogP contribution is 2.44. The second-order valence-corrected chi connectivity index (χ2v) is 11.3. The zero-order valence-electron chi connectivity index (χ0n) is 19.1. The lowest BCUT2D eigenvalue weighted by molar-refractivity contribution is -0.149. The summed E-state index contributed by atoms with van der Waals surface area (Å²) in [5, 5.41) is 9.01. The Balaban J connectivity index is 3.17. The molecule has 1 rings (SSSR count). The molecule has 172 valence electrons. The molecule has 2 amide bonds. The lowest BCUT2D eigenvalue weighted by Gasteiger charge is -2.33. The fourth-order valence-corrected chi connectivity index (χ4v) is 4.53. The molecule has 0 heterocycles. The van der Waals surface area contributed by atoms with Gasteiger partial charge in [0, 0.05) is 18.7 Å². The van der Waals surface area contributed by atoms with Crippen LogP contribution in [0.15, 0.2) is 0 Å². The van der Waals surface area contributed by atoms with Crippen LogP contribution in [-0.2, 0) is 19.1 Å². The lowest BCUT2D eigenvalue weighted by atomic mass is 9.81. The molecule has 0 aromatic heterocycles. The van der Waals surface area contributed by atoms with E-state index in [1.54, 1.807) is 41.5 Å². The number of hydrogen-bond acceptors (Lipinski definition) is 7. The summed E-state index contributed by atoms with van der Waals surface area (Å²) < 4.78 is 10.7. The largest absolute Gasteiger partial charge is 0.481 e. The van der Waals surface area contributed by atoms with Crippen LogP contribution in [0.5, 0.6) is 0 Å². The maximum Gasteiger partial charge on any atom is 0.419 e. The SMILES string of the molecule is CC(=O)S[C@H](CN(C(=O)OC(C)(C)C)C(=O)OC(C)(C)C)CC1(C(=O)O)CCCC1. The van der Waals surface area contributed by atoms with Crippen LogP contribution >= 0.6 is 11.8 Å². The van der Waals surface area contributed by atoms with Gasteiger partial charge < -0.3 is 14.6 Å². The number of carboxylic acids is 1. The van der Waals surface area contributed by atoms with Crippen molar-refractivity contribution in [3.63, 3.8) is 0 Å². The molecule has 0 unspecified atom stereocenters. The van der Waals surface area contributed by atoms with Crippen molar-refractivity contribution >= 4 is 35.0 Å². The van der Waals surface area contributed by atoms with E-state index in [1.807, 2.05) is 0 Å². The first-order valence-electron chi connectivity index (χ1n) is 10.2. The summed E-state index contributed by atoms with van der Waals surface area (Å²) >= 11 is 0.942. The maximum absolute atomic E-state index is 12.8. The molecule has 1 aliphatic carbocycles. The molecule has 1 atom stereocenters. The van der Waals surface area contributed by atoms with Gasteiger partial charge in [-0.25, -0.2) is 14.5 Å². The van der Waals surface area contributed by atoms with Crippen molar-refractivity contribution in [3.8, 4) is 0 Å². The van der Waals surface area contributed by atoms with Crippen molar-refractivity contribution in [2.75, 3.05) is 6.54 Å². The van der Waals surface area contributed by atoms with E-state index >= 15 is 0 Å². The molecule has 1 aliphatic rings. The first kappa shape index (κ1) is 26.3. The van der Waals surface area contributed by atoms with Crippen LogP contribution in [0.4, 0.5) is 9.59 Å². The van der Waals surface area contributed by atoms with Crippen molar-refractivity contribution in [1.82, 2.24) is 4.90 Å². The van der Waals surface area contributed by atoms with Crippen LogP contribution in [0, 0.1) is 5.41 Å². The van der Waals surface area contributed by atoms with E-state index in [2.05, 4.69) is 0 Å². The highest BCUT2D eigenvalue weighted by molar-refractivity contribution is 8.14. The van der Waals surface area contributed by atoms with Gasteiger partial charge in [-0.1, -0.05) is 24.6 Å². The first-order chi connectivity index (χ1) is 13.5. The zero-order chi connectivity index (χ0) is 23.3. The normalized spacial score (nSPS) is 17.2. The van der Waals surface area contributed by atoms with Crippen molar-refractivity contribution in [2.24, 2.45) is 5.41 Å². The topological polar surface area (TPSA) is 110 Å². The van der Waals surface area contributed by atoms with Gasteiger partial charge in [0.25, 0.3) is 0 Å². The molecule has 1 N–H and O–H groups in total. The number of thioether (sulfide) groups is 1. The number of hydrogen-bond donors (Lipinski definition) is 1. The van der Waals surface area contributed by atoms with Gasteiger partial charge in [-0.15, -0.1) is 0 Å². The van der Waals surface area contributed by atoms with Crippen molar-refractivity contribution < 1.29 is 33.8 Å². The number of rotatable bonds is 6. The minimum absolute atomic E-state index is 0.175. The summed E-state index contributed by atoms with van der Waals surface area (Å²) in [4.78, 5) is 50.2. The molecule has 30 heavy (non-hydrogen) atoms. The van der Waals surface area contributed by atoms with E-state index in [-0.39, 0.29) is 18.1 Å². The quantitative estimate of drug-likeness (QED) is 0.618. The fraction of sp³-hybridized carbons (Fsp3) is 0.810. The average Bonchev–Trinajstić information content (AvgIpc) is 2.98. The van der Waals surface area contributed by atoms with Gasteiger partial charge in [0.2, 0.25) is 0 Å². The van der Waals surface area contributed by atoms with E-state index in [4.69, 9.17) is 9.47 Å². The monoisotopic (exact) mass is 445 g/mol. The second-order valence-electron chi connectivity index (χ2n) is 9.80. The van der Waals surface area contributed by atoms with Gasteiger partial charge in [0.15, 0.2) is 5.12 Å². The van der Waals surface area contributed by atoms with E-state index < -0.39 is 40.0 Å². The molecule has 0 spiro atoms. The summed E-state index contributed by atoms with van der Waals surface area (Å²) in [6.45, 7) is 11.3. The van der Waals surface area contributed by atoms with E-state index in [0.29, 0.717) is 12.8 Å². The van der Waals surface area contributed by atoms with Crippen LogP contribution in [0.2, 0.25) is 0 Å². The standard InChI is InChI=1S/C21H35NO7S/c1-14(23)30-15(12-21(16(24)25)10-8-9-11-21)13-22(17(26)28-19(2,3)4)18(27)29-20(5,6)7/h15H,8-13H2,1-7H3,(H,24,25)/t15-/m0/s1. The van der Waals surface area contributed by atoms with Crippen LogP contribution in [0.3, 0.4) is 0 Å². The minimum Gasteiger partial charge on any atom is -0.481 e. The van der Waals surface area contributed by atoms with Gasteiger partial charge in [-0.3, -0.25) is 9.59 Å². The molecule has 0 saturated heterocycles. The Morgan fingerprint density at radius 1 is 0.967 bits per heavy atom. The lowest BCUT2D eigenvalue weighted by Crippen LogP contribution is -2.47. The number of carboxylic acid groups (broad SMARTS) is 1. The zero-order valence-corrected chi connectivity index (χ0v) is 19.9. The van der Waals surface area contributed by atoms with Crippen molar-refractivity contribution in [1.29, 1.82) is 0 Å². The van der Waals surface area contributed by atoms with Gasteiger partial charge in [0.05, 0.1) is 5.41 Å². The van der Waals surface area contributed by atoms with E-state index in [0.717, 1.165) is 29.5 Å². The summed E-state index contributed by atoms with van der Waals surface area (Å²) in [6, 6.07) is 0. The number of carbonyl (C=O) groups is 4. The predicted octanol–water partition coefficient (Wildman–Crippen LogP) is 4.84. The number of nitrogens with zero attached hydrogens (tertiary/aromatic N) is 1. The van der Waals surface area contributed by atoms with Gasteiger partial charge in [-0.2, -0.15) is 0 Å². The van der Waals surface area contributed by atoms with Crippen LogP contribution in [0.25, 0.3) is 0 Å². The Labute approximate surface area is 183 Å². The molecular formula is C21H35NO7S. The highest BCUT2D eigenvalue weighted by Gasteiger charge is 2.44. The number of carbonyl (C=O) groups excluding carboxylic acids is 3. The van der Waals surface area contributed by atoms with Crippen LogP contribution in [0.1, 0.15) is 80.6 Å². The third-order valence-electron chi connectivity index (χ3n) is 4.58. The Morgan fingerprint density at radius 3 is 1.73 bits per heavy atom. The third kappa shape index (κ3) is 8.53. The minimum atomic E-state index is -0.958. The molecule has 1 saturated carbocycles. The first-order valence-corrected chi connectivity index (χ1v) is 11.1. The number of aliphatic carboxylic acids is 1. The maximum atomic E-state index is 12.8. The molecule has 8 nitrogen and oxygen atoms in total. The summed E-state index contributed by atoms with van der Waals surface area (Å²) in [6.07, 6.45) is 1.02. The Morgan fingerprint density at radius 2 is 1.40 bits per heavy atom. The predicted molar refractivity (Wildman–Crippen MR) is 114 cm³/mol.